The molecular weight excluding hydrogens is 428 g/mol. The molecule has 7 heteroatoms. The molecule has 1 atom stereocenters. The van der Waals surface area contributed by atoms with Crippen molar-refractivity contribution in [1.82, 2.24) is 14.9 Å². The Morgan fingerprint density at radius 2 is 1.79 bits per heavy atom. The molecule has 34 heavy (non-hydrogen) atoms. The van der Waals surface area contributed by atoms with Crippen LogP contribution in [0.3, 0.4) is 0 Å². The normalized spacial score (nSPS) is 17.4. The Hall–Kier alpha value is -4.13. The van der Waals surface area contributed by atoms with E-state index >= 15 is 0 Å². The maximum absolute atomic E-state index is 13.3. The Morgan fingerprint density at radius 3 is 2.59 bits per heavy atom. The highest BCUT2D eigenvalue weighted by Crippen LogP contribution is 2.37. The summed E-state index contributed by atoms with van der Waals surface area (Å²) in [4.78, 5) is 32.7. The molecule has 0 bridgehead atoms. The van der Waals surface area contributed by atoms with Gasteiger partial charge < -0.3 is 19.5 Å². The molecular formula is C27H26N4O3. The van der Waals surface area contributed by atoms with E-state index in [1.165, 1.54) is 11.8 Å². The first-order valence-corrected chi connectivity index (χ1v) is 11.2. The summed E-state index contributed by atoms with van der Waals surface area (Å²) in [7, 11) is 1.66. The number of hydrogen-bond acceptors (Lipinski definition) is 4. The number of benzene rings is 3. The van der Waals surface area contributed by atoms with Gasteiger partial charge in [-0.2, -0.15) is 0 Å². The number of carbonyl (C=O) groups is 2. The molecule has 4 aromatic rings. The molecule has 0 aliphatic carbocycles. The highest BCUT2D eigenvalue weighted by atomic mass is 16.5. The van der Waals surface area contributed by atoms with Crippen LogP contribution in [0, 0.1) is 6.92 Å². The molecule has 172 valence electrons. The van der Waals surface area contributed by atoms with Gasteiger partial charge in [-0.15, -0.1) is 0 Å². The lowest BCUT2D eigenvalue weighted by atomic mass is 10.00. The molecule has 1 aliphatic heterocycles. The zero-order valence-corrected chi connectivity index (χ0v) is 19.4. The molecule has 0 radical (unpaired) electrons. The molecule has 2 amide bonds. The van der Waals surface area contributed by atoms with Crippen LogP contribution in [-0.4, -0.2) is 34.0 Å². The number of nitrogens with one attached hydrogen (secondary N) is 1. The Balaban J connectivity index is 1.41. The lowest BCUT2D eigenvalue weighted by molar-refractivity contribution is -0.148. The first kappa shape index (κ1) is 21.7. The molecule has 1 N–H and O–H groups in total. The SMILES string of the molecule is Cc1ccc2c(c1)N(C)C(=O)C(C)(C(=O)NCc1nc3ccccc3n1Cc1ccccc1)O2. The minimum atomic E-state index is -1.67. The number of anilines is 1. The van der Waals surface area contributed by atoms with Gasteiger partial charge in [0, 0.05) is 13.6 Å². The largest absolute Gasteiger partial charge is 0.466 e. The second-order valence-corrected chi connectivity index (χ2v) is 8.74. The zero-order valence-electron chi connectivity index (χ0n) is 19.4. The third-order valence-electron chi connectivity index (χ3n) is 6.26. The van der Waals surface area contributed by atoms with E-state index in [1.807, 2.05) is 61.5 Å². The van der Waals surface area contributed by atoms with E-state index in [2.05, 4.69) is 22.0 Å². The van der Waals surface area contributed by atoms with Gasteiger partial charge in [-0.3, -0.25) is 9.59 Å². The average Bonchev–Trinajstić information content (AvgIpc) is 3.19. The van der Waals surface area contributed by atoms with Gasteiger partial charge in [0.1, 0.15) is 11.6 Å². The van der Waals surface area contributed by atoms with E-state index in [0.29, 0.717) is 23.8 Å². The van der Waals surface area contributed by atoms with Crippen molar-refractivity contribution in [2.24, 2.45) is 0 Å². The van der Waals surface area contributed by atoms with Crippen molar-refractivity contribution in [3.05, 3.63) is 89.7 Å². The van der Waals surface area contributed by atoms with Gasteiger partial charge in [0.05, 0.1) is 23.3 Å². The molecule has 0 saturated carbocycles. The Kier molecular flexibility index (Phi) is 5.32. The quantitative estimate of drug-likeness (QED) is 0.465. The number of aryl methyl sites for hydroxylation is 1. The minimum absolute atomic E-state index is 0.164. The second-order valence-electron chi connectivity index (χ2n) is 8.74. The second kappa shape index (κ2) is 8.33. The van der Waals surface area contributed by atoms with Crippen LogP contribution < -0.4 is 15.0 Å². The number of likely N-dealkylation sites (N-methyl/N-ethyl adjacent to an activating group) is 1. The molecule has 5 rings (SSSR count). The molecule has 0 spiro atoms. The summed E-state index contributed by atoms with van der Waals surface area (Å²) in [5, 5.41) is 2.89. The van der Waals surface area contributed by atoms with Gasteiger partial charge in [-0.25, -0.2) is 4.98 Å². The third kappa shape index (κ3) is 3.69. The van der Waals surface area contributed by atoms with Gasteiger partial charge in [0.25, 0.3) is 17.4 Å². The molecule has 3 aromatic carbocycles. The summed E-state index contributed by atoms with van der Waals surface area (Å²) >= 11 is 0. The summed E-state index contributed by atoms with van der Waals surface area (Å²) < 4.78 is 8.05. The van der Waals surface area contributed by atoms with E-state index in [0.717, 1.165) is 22.2 Å². The van der Waals surface area contributed by atoms with E-state index in [4.69, 9.17) is 9.72 Å². The highest BCUT2D eigenvalue weighted by Gasteiger charge is 2.49. The maximum atomic E-state index is 13.3. The first-order chi connectivity index (χ1) is 16.4. The van der Waals surface area contributed by atoms with E-state index in [1.54, 1.807) is 13.1 Å². The lowest BCUT2D eigenvalue weighted by Crippen LogP contribution is -2.61. The predicted octanol–water partition coefficient (Wildman–Crippen LogP) is 3.82. The molecule has 2 heterocycles. The minimum Gasteiger partial charge on any atom is -0.466 e. The number of para-hydroxylation sites is 2. The van der Waals surface area contributed by atoms with Crippen molar-refractivity contribution in [3.8, 4) is 5.75 Å². The van der Waals surface area contributed by atoms with Crippen molar-refractivity contribution >= 4 is 28.5 Å². The molecule has 0 saturated heterocycles. The Bertz CT molecular complexity index is 1400. The molecule has 0 fully saturated rings. The Labute approximate surface area is 198 Å². The van der Waals surface area contributed by atoms with Gasteiger partial charge in [0.2, 0.25) is 0 Å². The number of ether oxygens (including phenoxy) is 1. The van der Waals surface area contributed by atoms with E-state index < -0.39 is 17.4 Å². The fourth-order valence-corrected chi connectivity index (χ4v) is 4.34. The third-order valence-corrected chi connectivity index (χ3v) is 6.26. The average molecular weight is 455 g/mol. The van der Waals surface area contributed by atoms with Gasteiger partial charge in [0.15, 0.2) is 0 Å². The van der Waals surface area contributed by atoms with Crippen molar-refractivity contribution in [1.29, 1.82) is 0 Å². The van der Waals surface area contributed by atoms with Crippen LogP contribution in [0.2, 0.25) is 0 Å². The highest BCUT2D eigenvalue weighted by molar-refractivity contribution is 6.16. The Morgan fingerprint density at radius 1 is 1.06 bits per heavy atom. The summed E-state index contributed by atoms with van der Waals surface area (Å²) in [6.45, 7) is 4.24. The number of aromatic nitrogens is 2. The van der Waals surface area contributed by atoms with Gasteiger partial charge >= 0.3 is 0 Å². The smallest absolute Gasteiger partial charge is 0.280 e. The number of hydrogen-bond donors (Lipinski definition) is 1. The predicted molar refractivity (Wildman–Crippen MR) is 131 cm³/mol. The van der Waals surface area contributed by atoms with Gasteiger partial charge in [-0.1, -0.05) is 48.5 Å². The maximum Gasteiger partial charge on any atom is 0.280 e. The topological polar surface area (TPSA) is 76.5 Å². The number of nitrogens with zero attached hydrogens (tertiary/aromatic N) is 3. The molecule has 1 unspecified atom stereocenters. The van der Waals surface area contributed by atoms with Crippen LogP contribution in [0.25, 0.3) is 11.0 Å². The first-order valence-electron chi connectivity index (χ1n) is 11.2. The van der Waals surface area contributed by atoms with Crippen molar-refractivity contribution < 1.29 is 14.3 Å². The molecule has 1 aromatic heterocycles. The fourth-order valence-electron chi connectivity index (χ4n) is 4.34. The summed E-state index contributed by atoms with van der Waals surface area (Å²) in [5.74, 6) is 0.283. The van der Waals surface area contributed by atoms with Crippen molar-refractivity contribution in [2.75, 3.05) is 11.9 Å². The molecule has 7 nitrogen and oxygen atoms in total. The number of amides is 2. The zero-order chi connectivity index (χ0) is 23.9. The number of rotatable bonds is 5. The van der Waals surface area contributed by atoms with Gasteiger partial charge in [-0.05, 0) is 49.2 Å². The number of imidazole rings is 1. The summed E-state index contributed by atoms with van der Waals surface area (Å²) in [6, 6.07) is 23.5. The molecule has 1 aliphatic rings. The van der Waals surface area contributed by atoms with Crippen LogP contribution in [0.4, 0.5) is 5.69 Å². The van der Waals surface area contributed by atoms with Crippen LogP contribution in [-0.2, 0) is 22.7 Å². The van der Waals surface area contributed by atoms with E-state index in [9.17, 15) is 9.59 Å². The van der Waals surface area contributed by atoms with Crippen LogP contribution in [0.15, 0.2) is 72.8 Å². The van der Waals surface area contributed by atoms with Crippen LogP contribution >= 0.6 is 0 Å². The fraction of sp³-hybridized carbons (Fsp3) is 0.222. The number of carbonyl (C=O) groups excluding carboxylic acids is 2. The van der Waals surface area contributed by atoms with Crippen molar-refractivity contribution in [3.63, 3.8) is 0 Å². The number of fused-ring (bicyclic) bond motifs is 2. The standard InChI is InChI=1S/C27H26N4O3/c1-18-13-14-23-22(15-18)30(3)26(33)27(2,34-23)25(32)28-16-24-29-20-11-7-8-12-21(20)31(24)17-19-9-5-4-6-10-19/h4-15H,16-17H2,1-3H3,(H,28,32). The monoisotopic (exact) mass is 454 g/mol. The van der Waals surface area contributed by atoms with E-state index in [-0.39, 0.29) is 6.54 Å². The lowest BCUT2D eigenvalue weighted by Gasteiger charge is -2.38. The van der Waals surface area contributed by atoms with Crippen LogP contribution in [0.1, 0.15) is 23.9 Å². The van der Waals surface area contributed by atoms with Crippen LogP contribution in [0.5, 0.6) is 5.75 Å². The summed E-state index contributed by atoms with van der Waals surface area (Å²) in [5.41, 5.74) is 2.95. The van der Waals surface area contributed by atoms with Crippen molar-refractivity contribution in [2.45, 2.75) is 32.5 Å². The summed E-state index contributed by atoms with van der Waals surface area (Å²) in [6.07, 6.45) is 0.